The monoisotopic (exact) mass is 383 g/mol. The second kappa shape index (κ2) is 8.70. The van der Waals surface area contributed by atoms with E-state index in [4.69, 9.17) is 4.74 Å². The van der Waals surface area contributed by atoms with Crippen molar-refractivity contribution < 1.29 is 27.5 Å². The van der Waals surface area contributed by atoms with Crippen molar-refractivity contribution in [1.82, 2.24) is 4.90 Å². The highest BCUT2D eigenvalue weighted by Crippen LogP contribution is 2.27. The Bertz CT molecular complexity index is 720. The number of hydrazone groups is 1. The molecule has 0 saturated carbocycles. The second-order valence-corrected chi connectivity index (χ2v) is 5.79. The van der Waals surface area contributed by atoms with Crippen LogP contribution in [0.3, 0.4) is 0 Å². The molecule has 1 aliphatic heterocycles. The summed E-state index contributed by atoms with van der Waals surface area (Å²) < 4.78 is 43.5. The van der Waals surface area contributed by atoms with Gasteiger partial charge in [-0.2, -0.15) is 18.3 Å². The summed E-state index contributed by atoms with van der Waals surface area (Å²) in [5, 5.41) is 5.40. The first-order chi connectivity index (χ1) is 12.8. The standard InChI is InChI=1S/C18H20F3N3O3/c1-3-10-23(12-18(19,20)21)16(25)15-11-14(17(26)27-4-2)22-24(15)13-8-6-5-7-9-13/h3,5-9,15H,1,4,10-12H2,2H3. The maximum absolute atomic E-state index is 12.9. The van der Waals surface area contributed by atoms with Gasteiger partial charge in [-0.15, -0.1) is 6.58 Å². The van der Waals surface area contributed by atoms with Gasteiger partial charge in [-0.05, 0) is 19.1 Å². The Labute approximate surface area is 154 Å². The molecular weight excluding hydrogens is 363 g/mol. The Morgan fingerprint density at radius 3 is 2.59 bits per heavy atom. The van der Waals surface area contributed by atoms with Gasteiger partial charge in [-0.1, -0.05) is 24.3 Å². The molecule has 0 bridgehead atoms. The predicted molar refractivity (Wildman–Crippen MR) is 94.2 cm³/mol. The number of alkyl halides is 3. The van der Waals surface area contributed by atoms with Crippen molar-refractivity contribution in [2.75, 3.05) is 24.7 Å². The summed E-state index contributed by atoms with van der Waals surface area (Å²) in [5.74, 6) is -1.49. The third-order valence-corrected chi connectivity index (χ3v) is 3.76. The van der Waals surface area contributed by atoms with E-state index < -0.39 is 30.6 Å². The van der Waals surface area contributed by atoms with Crippen LogP contribution in [0.2, 0.25) is 0 Å². The number of ether oxygens (including phenoxy) is 1. The molecule has 0 saturated heterocycles. The number of anilines is 1. The molecule has 1 aliphatic rings. The summed E-state index contributed by atoms with van der Waals surface area (Å²) in [7, 11) is 0. The van der Waals surface area contributed by atoms with Crippen LogP contribution in [0, 0.1) is 0 Å². The van der Waals surface area contributed by atoms with Gasteiger partial charge in [0.15, 0.2) is 0 Å². The molecule has 0 aromatic heterocycles. The van der Waals surface area contributed by atoms with Gasteiger partial charge in [0.1, 0.15) is 18.3 Å². The summed E-state index contributed by atoms with van der Waals surface area (Å²) in [6.07, 6.45) is -3.48. The van der Waals surface area contributed by atoms with E-state index in [1.807, 2.05) is 0 Å². The Morgan fingerprint density at radius 2 is 2.04 bits per heavy atom. The first-order valence-electron chi connectivity index (χ1n) is 8.32. The van der Waals surface area contributed by atoms with E-state index >= 15 is 0 Å². The number of rotatable bonds is 7. The molecule has 0 spiro atoms. The molecule has 0 radical (unpaired) electrons. The average molecular weight is 383 g/mol. The molecule has 0 fully saturated rings. The Morgan fingerprint density at radius 1 is 1.37 bits per heavy atom. The van der Waals surface area contributed by atoms with Crippen LogP contribution >= 0.6 is 0 Å². The van der Waals surface area contributed by atoms with E-state index in [1.54, 1.807) is 37.3 Å². The van der Waals surface area contributed by atoms with Gasteiger partial charge in [-0.25, -0.2) is 4.79 Å². The predicted octanol–water partition coefficient (Wildman–Crippen LogP) is 2.76. The van der Waals surface area contributed by atoms with Crippen LogP contribution < -0.4 is 5.01 Å². The number of amides is 1. The summed E-state index contributed by atoms with van der Waals surface area (Å²) in [5.41, 5.74) is 0.477. The minimum Gasteiger partial charge on any atom is -0.461 e. The van der Waals surface area contributed by atoms with E-state index in [1.165, 1.54) is 11.1 Å². The highest BCUT2D eigenvalue weighted by Gasteiger charge is 2.41. The SMILES string of the molecule is C=CCN(CC(F)(F)F)C(=O)C1CC(C(=O)OCC)=NN1c1ccccc1. The lowest BCUT2D eigenvalue weighted by Gasteiger charge is -2.29. The molecule has 1 atom stereocenters. The number of benzene rings is 1. The van der Waals surface area contributed by atoms with Gasteiger partial charge < -0.3 is 9.64 Å². The van der Waals surface area contributed by atoms with E-state index in [2.05, 4.69) is 11.7 Å². The molecule has 146 valence electrons. The molecule has 1 unspecified atom stereocenters. The fourth-order valence-electron chi connectivity index (χ4n) is 2.67. The number of hydrogen-bond acceptors (Lipinski definition) is 5. The van der Waals surface area contributed by atoms with Crippen molar-refractivity contribution in [3.8, 4) is 0 Å². The topological polar surface area (TPSA) is 62.2 Å². The van der Waals surface area contributed by atoms with Gasteiger partial charge in [0.2, 0.25) is 5.91 Å². The van der Waals surface area contributed by atoms with Gasteiger partial charge >= 0.3 is 12.1 Å². The Hall–Kier alpha value is -2.84. The number of carbonyl (C=O) groups excluding carboxylic acids is 2. The van der Waals surface area contributed by atoms with Gasteiger partial charge in [0, 0.05) is 13.0 Å². The van der Waals surface area contributed by atoms with E-state index in [0.717, 1.165) is 0 Å². The molecule has 2 rings (SSSR count). The molecule has 1 aromatic rings. The van der Waals surface area contributed by atoms with E-state index in [9.17, 15) is 22.8 Å². The first kappa shape index (κ1) is 20.5. The molecular formula is C18H20F3N3O3. The van der Waals surface area contributed by atoms with Crippen LogP contribution in [0.15, 0.2) is 48.1 Å². The first-order valence-corrected chi connectivity index (χ1v) is 8.32. The van der Waals surface area contributed by atoms with Crippen LogP contribution in [0.5, 0.6) is 0 Å². The van der Waals surface area contributed by atoms with Crippen molar-refractivity contribution >= 4 is 23.3 Å². The van der Waals surface area contributed by atoms with Crippen molar-refractivity contribution in [2.45, 2.75) is 25.6 Å². The van der Waals surface area contributed by atoms with Crippen molar-refractivity contribution in [2.24, 2.45) is 5.10 Å². The minimum atomic E-state index is -4.56. The number of hydrogen-bond donors (Lipinski definition) is 0. The molecule has 6 nitrogen and oxygen atoms in total. The number of esters is 1. The lowest BCUT2D eigenvalue weighted by atomic mass is 10.1. The molecule has 27 heavy (non-hydrogen) atoms. The lowest BCUT2D eigenvalue weighted by molar-refractivity contribution is -0.160. The maximum Gasteiger partial charge on any atom is 0.406 e. The second-order valence-electron chi connectivity index (χ2n) is 5.79. The van der Waals surface area contributed by atoms with Gasteiger partial charge in [0.05, 0.1) is 12.3 Å². The average Bonchev–Trinajstić information content (AvgIpc) is 3.06. The highest BCUT2D eigenvalue weighted by atomic mass is 19.4. The van der Waals surface area contributed by atoms with Crippen molar-refractivity contribution in [3.05, 3.63) is 43.0 Å². The zero-order valence-corrected chi connectivity index (χ0v) is 14.8. The van der Waals surface area contributed by atoms with Crippen molar-refractivity contribution in [3.63, 3.8) is 0 Å². The lowest BCUT2D eigenvalue weighted by Crippen LogP contribution is -2.48. The largest absolute Gasteiger partial charge is 0.461 e. The third kappa shape index (κ3) is 5.32. The number of carbonyl (C=O) groups is 2. The van der Waals surface area contributed by atoms with Crippen LogP contribution in [-0.4, -0.2) is 54.4 Å². The van der Waals surface area contributed by atoms with Crippen LogP contribution in [0.25, 0.3) is 0 Å². The number of nitrogens with zero attached hydrogens (tertiary/aromatic N) is 3. The summed E-state index contributed by atoms with van der Waals surface area (Å²) in [6, 6.07) is 7.38. The summed E-state index contributed by atoms with van der Waals surface area (Å²) in [6.45, 7) is 3.47. The number of para-hydroxylation sites is 1. The normalized spacial score (nSPS) is 16.7. The minimum absolute atomic E-state index is 0.00962. The fourth-order valence-corrected chi connectivity index (χ4v) is 2.67. The zero-order valence-electron chi connectivity index (χ0n) is 14.8. The van der Waals surface area contributed by atoms with Crippen LogP contribution in [0.1, 0.15) is 13.3 Å². The van der Waals surface area contributed by atoms with Gasteiger partial charge in [0.25, 0.3) is 0 Å². The highest BCUT2D eigenvalue weighted by molar-refractivity contribution is 6.38. The maximum atomic E-state index is 12.9. The van der Waals surface area contributed by atoms with Crippen molar-refractivity contribution in [1.29, 1.82) is 0 Å². The molecule has 1 aromatic carbocycles. The fraction of sp³-hybridized carbons (Fsp3) is 0.389. The van der Waals surface area contributed by atoms with E-state index in [-0.39, 0.29) is 25.3 Å². The summed E-state index contributed by atoms with van der Waals surface area (Å²) in [4.78, 5) is 25.5. The smallest absolute Gasteiger partial charge is 0.406 e. The quantitative estimate of drug-likeness (QED) is 0.537. The molecule has 1 amide bonds. The number of halogens is 3. The molecule has 0 N–H and O–H groups in total. The Kier molecular flexibility index (Phi) is 6.59. The van der Waals surface area contributed by atoms with Crippen LogP contribution in [-0.2, 0) is 14.3 Å². The van der Waals surface area contributed by atoms with Crippen LogP contribution in [0.4, 0.5) is 18.9 Å². The van der Waals surface area contributed by atoms with E-state index in [0.29, 0.717) is 10.6 Å². The third-order valence-electron chi connectivity index (χ3n) is 3.76. The van der Waals surface area contributed by atoms with Gasteiger partial charge in [-0.3, -0.25) is 9.80 Å². The molecule has 1 heterocycles. The molecule has 9 heteroatoms. The molecule has 0 aliphatic carbocycles. The summed E-state index contributed by atoms with van der Waals surface area (Å²) >= 11 is 0. The zero-order chi connectivity index (χ0) is 20.0. The Balaban J connectivity index is 2.32.